The number of nitrogens with zero attached hydrogens (tertiary/aromatic N) is 6. The molecule has 0 amide bonds. The van der Waals surface area contributed by atoms with Gasteiger partial charge in [0.05, 0.1) is 43.9 Å². The van der Waals surface area contributed by atoms with Gasteiger partial charge in [-0.25, -0.2) is 15.0 Å². The minimum absolute atomic E-state index is 0.632. The Morgan fingerprint density at radius 3 is 2.81 bits per heavy atom. The molecule has 3 aliphatic rings. The van der Waals surface area contributed by atoms with Crippen molar-refractivity contribution in [3.05, 3.63) is 59.0 Å². The van der Waals surface area contributed by atoms with Crippen LogP contribution in [0.5, 0.6) is 5.88 Å². The van der Waals surface area contributed by atoms with Crippen LogP contribution in [-0.4, -0.2) is 72.9 Å². The van der Waals surface area contributed by atoms with Gasteiger partial charge in [0, 0.05) is 50.7 Å². The molecule has 3 aliphatic heterocycles. The molecule has 1 saturated heterocycles. The van der Waals surface area contributed by atoms with Crippen LogP contribution in [0.25, 0.3) is 0 Å². The van der Waals surface area contributed by atoms with E-state index in [0.29, 0.717) is 12.6 Å². The Kier molecular flexibility index (Phi) is 6.33. The number of morpholine rings is 1. The van der Waals surface area contributed by atoms with Crippen LogP contribution >= 0.6 is 0 Å². The third-order valence-corrected chi connectivity index (χ3v) is 7.27. The second-order valence-electron chi connectivity index (χ2n) is 9.74. The molecule has 0 unspecified atom stereocenters. The van der Waals surface area contributed by atoms with Gasteiger partial charge in [0.1, 0.15) is 12.3 Å². The second kappa shape index (κ2) is 9.91. The summed E-state index contributed by atoms with van der Waals surface area (Å²) in [6.45, 7) is 9.85. The number of nitrogens with one attached hydrogen (secondary N) is 1. The summed E-state index contributed by atoms with van der Waals surface area (Å²) in [6.07, 6.45) is 4.82. The Labute approximate surface area is 212 Å². The van der Waals surface area contributed by atoms with Gasteiger partial charge < -0.3 is 24.6 Å². The Morgan fingerprint density at radius 1 is 1.03 bits per heavy atom. The molecule has 3 aromatic rings. The summed E-state index contributed by atoms with van der Waals surface area (Å²) in [5.41, 5.74) is 7.98. The molecule has 0 atom stereocenters. The molecule has 188 valence electrons. The fourth-order valence-corrected chi connectivity index (χ4v) is 5.29. The van der Waals surface area contributed by atoms with Crippen LogP contribution in [-0.2, 0) is 24.2 Å². The number of hydrogen-bond acceptors (Lipinski definition) is 9. The Bertz CT molecular complexity index is 1240. The first-order valence-corrected chi connectivity index (χ1v) is 12.7. The Hall–Kier alpha value is -3.43. The molecule has 0 bridgehead atoms. The lowest BCUT2D eigenvalue weighted by Gasteiger charge is -2.34. The van der Waals surface area contributed by atoms with Crippen LogP contribution in [0.1, 0.15) is 22.4 Å². The molecule has 2 aromatic heterocycles. The highest BCUT2D eigenvalue weighted by Crippen LogP contribution is 2.38. The van der Waals surface area contributed by atoms with E-state index in [1.807, 2.05) is 12.4 Å². The number of pyridine rings is 1. The number of ether oxygens (including phenoxy) is 2. The fraction of sp³-hybridized carbons (Fsp3) is 0.444. The standard InChI is InChI=1S/C27H33N7O2/c1-19-24(16-28-26-25(19)32(2)8-13-36-26)34-7-6-21-15-29-27(31-23(21)18-34)30-22-5-3-4-20(14-22)17-33-9-11-35-12-10-33/h3-5,14-16H,6-13,17-18H2,1-2H3,(H,29,30,31). The van der Waals surface area contributed by atoms with E-state index in [1.165, 1.54) is 16.7 Å². The highest BCUT2D eigenvalue weighted by atomic mass is 16.5. The summed E-state index contributed by atoms with van der Waals surface area (Å²) in [4.78, 5) is 21.2. The van der Waals surface area contributed by atoms with E-state index in [2.05, 4.69) is 68.2 Å². The first-order chi connectivity index (χ1) is 17.6. The van der Waals surface area contributed by atoms with E-state index in [1.54, 1.807) is 0 Å². The van der Waals surface area contributed by atoms with Crippen molar-refractivity contribution in [2.45, 2.75) is 26.4 Å². The average Bonchev–Trinajstić information content (AvgIpc) is 2.89. The number of anilines is 4. The summed E-state index contributed by atoms with van der Waals surface area (Å²) in [6, 6.07) is 8.51. The zero-order valence-electron chi connectivity index (χ0n) is 21.0. The van der Waals surface area contributed by atoms with E-state index in [9.17, 15) is 0 Å². The van der Waals surface area contributed by atoms with E-state index in [0.717, 1.165) is 87.5 Å². The number of rotatable bonds is 5. The number of aromatic nitrogens is 3. The normalized spacial score (nSPS) is 17.8. The topological polar surface area (TPSA) is 78.9 Å². The molecule has 5 heterocycles. The number of benzene rings is 1. The van der Waals surface area contributed by atoms with Crippen molar-refractivity contribution in [3.63, 3.8) is 0 Å². The Balaban J connectivity index is 1.18. The lowest BCUT2D eigenvalue weighted by atomic mass is 10.0. The van der Waals surface area contributed by atoms with E-state index < -0.39 is 0 Å². The maximum absolute atomic E-state index is 5.79. The van der Waals surface area contributed by atoms with Crippen LogP contribution in [0.15, 0.2) is 36.7 Å². The van der Waals surface area contributed by atoms with Gasteiger partial charge in [-0.2, -0.15) is 0 Å². The van der Waals surface area contributed by atoms with Gasteiger partial charge in [-0.05, 0) is 36.6 Å². The van der Waals surface area contributed by atoms with Crippen molar-refractivity contribution < 1.29 is 9.47 Å². The lowest BCUT2D eigenvalue weighted by molar-refractivity contribution is 0.0342. The molecule has 9 nitrogen and oxygen atoms in total. The smallest absolute Gasteiger partial charge is 0.238 e. The SMILES string of the molecule is Cc1c(N2CCc3cnc(Nc4cccc(CN5CCOCC5)c4)nc3C2)cnc2c1N(C)CCO2. The third-order valence-electron chi connectivity index (χ3n) is 7.27. The van der Waals surface area contributed by atoms with Gasteiger partial charge in [-0.1, -0.05) is 12.1 Å². The van der Waals surface area contributed by atoms with Crippen molar-refractivity contribution >= 4 is 23.0 Å². The van der Waals surface area contributed by atoms with E-state index in [4.69, 9.17) is 14.5 Å². The molecule has 0 saturated carbocycles. The summed E-state index contributed by atoms with van der Waals surface area (Å²) in [7, 11) is 2.10. The third kappa shape index (κ3) is 4.68. The van der Waals surface area contributed by atoms with Gasteiger partial charge in [-0.15, -0.1) is 0 Å². The Morgan fingerprint density at radius 2 is 1.92 bits per heavy atom. The predicted molar refractivity (Wildman–Crippen MR) is 140 cm³/mol. The first-order valence-electron chi connectivity index (χ1n) is 12.7. The molecule has 9 heteroatoms. The van der Waals surface area contributed by atoms with Crippen molar-refractivity contribution in [1.29, 1.82) is 0 Å². The van der Waals surface area contributed by atoms with E-state index >= 15 is 0 Å². The molecule has 1 aromatic carbocycles. The van der Waals surface area contributed by atoms with Crippen molar-refractivity contribution in [1.82, 2.24) is 19.9 Å². The maximum atomic E-state index is 5.79. The summed E-state index contributed by atoms with van der Waals surface area (Å²) >= 11 is 0. The van der Waals surface area contributed by atoms with Crippen LogP contribution < -0.4 is 19.9 Å². The van der Waals surface area contributed by atoms with Crippen LogP contribution in [0.4, 0.5) is 23.0 Å². The number of fused-ring (bicyclic) bond motifs is 2. The fourth-order valence-electron chi connectivity index (χ4n) is 5.29. The second-order valence-corrected chi connectivity index (χ2v) is 9.74. The van der Waals surface area contributed by atoms with Gasteiger partial charge in [0.2, 0.25) is 11.8 Å². The summed E-state index contributed by atoms with van der Waals surface area (Å²) in [5.74, 6) is 1.36. The van der Waals surface area contributed by atoms with Gasteiger partial charge in [-0.3, -0.25) is 4.90 Å². The molecule has 0 aliphatic carbocycles. The van der Waals surface area contributed by atoms with Crippen LogP contribution in [0, 0.1) is 6.92 Å². The van der Waals surface area contributed by atoms with Crippen LogP contribution in [0.2, 0.25) is 0 Å². The molecule has 6 rings (SSSR count). The number of hydrogen-bond donors (Lipinski definition) is 1. The van der Waals surface area contributed by atoms with Gasteiger partial charge in [0.15, 0.2) is 0 Å². The van der Waals surface area contributed by atoms with Crippen molar-refractivity contribution in [3.8, 4) is 5.88 Å². The average molecular weight is 488 g/mol. The van der Waals surface area contributed by atoms with Crippen LogP contribution in [0.3, 0.4) is 0 Å². The van der Waals surface area contributed by atoms with Crippen molar-refractivity contribution in [2.24, 2.45) is 0 Å². The summed E-state index contributed by atoms with van der Waals surface area (Å²) in [5, 5.41) is 3.42. The van der Waals surface area contributed by atoms with E-state index in [-0.39, 0.29) is 0 Å². The molecule has 1 N–H and O–H groups in total. The molecule has 1 fully saturated rings. The highest BCUT2D eigenvalue weighted by Gasteiger charge is 2.25. The summed E-state index contributed by atoms with van der Waals surface area (Å²) < 4.78 is 11.3. The minimum Gasteiger partial charge on any atom is -0.474 e. The molecular formula is C27H33N7O2. The molecule has 0 spiro atoms. The number of likely N-dealkylation sites (N-methyl/N-ethyl adjacent to an activating group) is 1. The monoisotopic (exact) mass is 487 g/mol. The molecular weight excluding hydrogens is 454 g/mol. The van der Waals surface area contributed by atoms with Gasteiger partial charge >= 0.3 is 0 Å². The largest absolute Gasteiger partial charge is 0.474 e. The highest BCUT2D eigenvalue weighted by molar-refractivity contribution is 5.71. The molecule has 36 heavy (non-hydrogen) atoms. The zero-order chi connectivity index (χ0) is 24.5. The zero-order valence-corrected chi connectivity index (χ0v) is 21.0. The lowest BCUT2D eigenvalue weighted by Crippen LogP contribution is -2.35. The maximum Gasteiger partial charge on any atom is 0.238 e. The minimum atomic E-state index is 0.632. The quantitative estimate of drug-likeness (QED) is 0.584. The molecule has 0 radical (unpaired) electrons. The first kappa shape index (κ1) is 23.0. The predicted octanol–water partition coefficient (Wildman–Crippen LogP) is 3.15. The van der Waals surface area contributed by atoms with Gasteiger partial charge in [0.25, 0.3) is 0 Å². The van der Waals surface area contributed by atoms with Crippen molar-refractivity contribution in [2.75, 3.05) is 68.2 Å².